The highest BCUT2D eigenvalue weighted by atomic mass is 32.1. The molecule has 2 rings (SSSR count). The van der Waals surface area contributed by atoms with E-state index in [0.717, 1.165) is 12.0 Å². The topological polar surface area (TPSA) is 76.7 Å². The van der Waals surface area contributed by atoms with Crippen LogP contribution in [0.1, 0.15) is 45.2 Å². The molecule has 25 heavy (non-hydrogen) atoms. The van der Waals surface area contributed by atoms with Gasteiger partial charge in [-0.2, -0.15) is 0 Å². The molecule has 0 aromatic heterocycles. The van der Waals surface area contributed by atoms with E-state index in [2.05, 4.69) is 10.6 Å². The van der Waals surface area contributed by atoms with Crippen LogP contribution >= 0.6 is 12.2 Å². The van der Waals surface area contributed by atoms with Crippen LogP contribution in [0.25, 0.3) is 0 Å². The molecule has 1 heterocycles. The zero-order chi connectivity index (χ0) is 18.4. The predicted octanol–water partition coefficient (Wildman–Crippen LogP) is 2.75. The molecule has 0 amide bonds. The Morgan fingerprint density at radius 1 is 1.28 bits per heavy atom. The fraction of sp³-hybridized carbons (Fsp3) is 0.389. The van der Waals surface area contributed by atoms with Crippen molar-refractivity contribution in [3.05, 3.63) is 41.1 Å². The molecule has 0 bridgehead atoms. The van der Waals surface area contributed by atoms with Gasteiger partial charge >= 0.3 is 11.9 Å². The van der Waals surface area contributed by atoms with Crippen molar-refractivity contribution >= 4 is 29.3 Å². The second-order valence-corrected chi connectivity index (χ2v) is 6.00. The van der Waals surface area contributed by atoms with E-state index >= 15 is 0 Å². The molecule has 1 atom stereocenters. The van der Waals surface area contributed by atoms with Crippen molar-refractivity contribution in [2.45, 2.75) is 39.7 Å². The maximum Gasteiger partial charge on any atom is 0.338 e. The molecule has 0 fully saturated rings. The first-order chi connectivity index (χ1) is 12.0. The van der Waals surface area contributed by atoms with E-state index in [9.17, 15) is 9.59 Å². The lowest BCUT2D eigenvalue weighted by molar-refractivity contribution is -0.139. The number of allylic oxidation sites excluding steroid dienone is 1. The lowest BCUT2D eigenvalue weighted by Crippen LogP contribution is -2.45. The number of hydrogen-bond donors (Lipinski definition) is 2. The van der Waals surface area contributed by atoms with E-state index in [0.29, 0.717) is 28.6 Å². The Morgan fingerprint density at radius 2 is 2.04 bits per heavy atom. The molecule has 7 heteroatoms. The average Bonchev–Trinajstić information content (AvgIpc) is 2.54. The van der Waals surface area contributed by atoms with Crippen molar-refractivity contribution in [3.8, 4) is 5.75 Å². The summed E-state index contributed by atoms with van der Waals surface area (Å²) in [5, 5.41) is 6.45. The average molecular weight is 362 g/mol. The third-order valence-electron chi connectivity index (χ3n) is 3.64. The highest BCUT2D eigenvalue weighted by Gasteiger charge is 2.31. The Balaban J connectivity index is 2.34. The first kappa shape index (κ1) is 18.9. The summed E-state index contributed by atoms with van der Waals surface area (Å²) in [6.07, 6.45) is 1.07. The van der Waals surface area contributed by atoms with Crippen LogP contribution in [0.5, 0.6) is 5.75 Å². The fourth-order valence-corrected chi connectivity index (χ4v) is 2.84. The van der Waals surface area contributed by atoms with E-state index in [-0.39, 0.29) is 12.6 Å². The number of thiocarbonyl (C=S) groups is 1. The summed E-state index contributed by atoms with van der Waals surface area (Å²) < 4.78 is 10.5. The third-order valence-corrected chi connectivity index (χ3v) is 3.86. The monoisotopic (exact) mass is 362 g/mol. The fourth-order valence-electron chi connectivity index (χ4n) is 2.57. The van der Waals surface area contributed by atoms with Crippen LogP contribution in [0, 0.1) is 0 Å². The summed E-state index contributed by atoms with van der Waals surface area (Å²) in [4.78, 5) is 24.1. The molecule has 0 radical (unpaired) electrons. The lowest BCUT2D eigenvalue weighted by atomic mass is 9.95. The zero-order valence-electron chi connectivity index (χ0n) is 14.5. The lowest BCUT2D eigenvalue weighted by Gasteiger charge is -2.30. The van der Waals surface area contributed by atoms with Gasteiger partial charge in [-0.25, -0.2) is 4.79 Å². The number of nitrogens with one attached hydrogen (secondary N) is 2. The second-order valence-electron chi connectivity index (χ2n) is 5.59. The molecule has 0 aliphatic carbocycles. The number of rotatable bonds is 6. The SMILES string of the molecule is CCCC(=O)Oc1cccc(C2NC(=S)NC(C)=C2C(=O)OCC)c1. The maximum absolute atomic E-state index is 12.4. The summed E-state index contributed by atoms with van der Waals surface area (Å²) in [7, 11) is 0. The summed E-state index contributed by atoms with van der Waals surface area (Å²) in [6, 6.07) is 6.57. The molecular weight excluding hydrogens is 340 g/mol. The van der Waals surface area contributed by atoms with Crippen LogP contribution in [-0.4, -0.2) is 23.7 Å². The van der Waals surface area contributed by atoms with Crippen LogP contribution < -0.4 is 15.4 Å². The Kier molecular flexibility index (Phi) is 6.52. The van der Waals surface area contributed by atoms with Crippen LogP contribution in [0.2, 0.25) is 0 Å². The molecule has 134 valence electrons. The van der Waals surface area contributed by atoms with Gasteiger partial charge in [-0.15, -0.1) is 0 Å². The summed E-state index contributed by atoms with van der Waals surface area (Å²) in [5.74, 6) is -0.269. The largest absolute Gasteiger partial charge is 0.463 e. The van der Waals surface area contributed by atoms with Gasteiger partial charge in [0.1, 0.15) is 5.75 Å². The molecule has 1 aromatic rings. The number of carbonyl (C=O) groups excluding carboxylic acids is 2. The Morgan fingerprint density at radius 3 is 2.72 bits per heavy atom. The first-order valence-electron chi connectivity index (χ1n) is 8.22. The smallest absolute Gasteiger partial charge is 0.338 e. The Labute approximate surface area is 152 Å². The van der Waals surface area contributed by atoms with E-state index in [1.165, 1.54) is 0 Å². The molecule has 6 nitrogen and oxygen atoms in total. The standard InChI is InChI=1S/C18H22N2O4S/c1-4-7-14(21)24-13-9-6-8-12(10-13)16-15(17(22)23-5-2)11(3)19-18(25)20-16/h6,8-10,16H,4-5,7H2,1-3H3,(H2,19,20,25). The van der Waals surface area contributed by atoms with Crippen molar-refractivity contribution in [1.29, 1.82) is 0 Å². The van der Waals surface area contributed by atoms with Gasteiger partial charge in [0.25, 0.3) is 0 Å². The first-order valence-corrected chi connectivity index (χ1v) is 8.63. The quantitative estimate of drug-likeness (QED) is 0.458. The minimum absolute atomic E-state index is 0.279. The number of ether oxygens (including phenoxy) is 2. The molecule has 1 aliphatic rings. The summed E-state index contributed by atoms with van der Waals surface area (Å²) in [6.45, 7) is 5.72. The van der Waals surface area contributed by atoms with Gasteiger partial charge in [-0.3, -0.25) is 4.79 Å². The van der Waals surface area contributed by atoms with Gasteiger partial charge in [0.05, 0.1) is 18.2 Å². The van der Waals surface area contributed by atoms with Crippen LogP contribution in [0.4, 0.5) is 0 Å². The van der Waals surface area contributed by atoms with Gasteiger partial charge in [0.2, 0.25) is 0 Å². The van der Waals surface area contributed by atoms with Crippen molar-refractivity contribution in [3.63, 3.8) is 0 Å². The van der Waals surface area contributed by atoms with Crippen LogP contribution in [0.3, 0.4) is 0 Å². The molecule has 2 N–H and O–H groups in total. The Hall–Kier alpha value is -2.41. The van der Waals surface area contributed by atoms with Crippen LogP contribution in [-0.2, 0) is 14.3 Å². The second kappa shape index (κ2) is 8.62. The third kappa shape index (κ3) is 4.79. The summed E-state index contributed by atoms with van der Waals surface area (Å²) in [5.41, 5.74) is 1.85. The zero-order valence-corrected chi connectivity index (χ0v) is 15.4. The van der Waals surface area contributed by atoms with Gasteiger partial charge in [0.15, 0.2) is 5.11 Å². The van der Waals surface area contributed by atoms with E-state index < -0.39 is 12.0 Å². The number of carbonyl (C=O) groups is 2. The molecule has 1 aliphatic heterocycles. The molecule has 1 unspecified atom stereocenters. The molecular formula is C18H22N2O4S. The normalized spacial score (nSPS) is 16.8. The Bertz CT molecular complexity index is 715. The van der Waals surface area contributed by atoms with Gasteiger partial charge in [-0.1, -0.05) is 19.1 Å². The molecule has 0 spiro atoms. The van der Waals surface area contributed by atoms with E-state index in [1.807, 2.05) is 13.0 Å². The van der Waals surface area contributed by atoms with Crippen molar-refractivity contribution in [2.75, 3.05) is 6.61 Å². The number of esters is 2. The maximum atomic E-state index is 12.4. The minimum Gasteiger partial charge on any atom is -0.463 e. The van der Waals surface area contributed by atoms with Gasteiger partial charge < -0.3 is 20.1 Å². The molecule has 1 aromatic carbocycles. The minimum atomic E-state index is -0.474. The van der Waals surface area contributed by atoms with Crippen molar-refractivity contribution in [2.24, 2.45) is 0 Å². The molecule has 0 saturated heterocycles. The van der Waals surface area contributed by atoms with E-state index in [1.54, 1.807) is 32.0 Å². The number of hydrogen-bond acceptors (Lipinski definition) is 5. The van der Waals surface area contributed by atoms with Crippen LogP contribution in [0.15, 0.2) is 35.5 Å². The van der Waals surface area contributed by atoms with E-state index in [4.69, 9.17) is 21.7 Å². The predicted molar refractivity (Wildman–Crippen MR) is 97.9 cm³/mol. The van der Waals surface area contributed by atoms with Crippen molar-refractivity contribution in [1.82, 2.24) is 10.6 Å². The van der Waals surface area contributed by atoms with Gasteiger partial charge in [0, 0.05) is 12.1 Å². The van der Waals surface area contributed by atoms with Gasteiger partial charge in [-0.05, 0) is 50.2 Å². The highest BCUT2D eigenvalue weighted by molar-refractivity contribution is 7.80. The number of benzene rings is 1. The highest BCUT2D eigenvalue weighted by Crippen LogP contribution is 2.29. The van der Waals surface area contributed by atoms with Crippen molar-refractivity contribution < 1.29 is 19.1 Å². The summed E-state index contributed by atoms with van der Waals surface area (Å²) >= 11 is 5.21. The molecule has 0 saturated carbocycles.